The molecule has 0 spiro atoms. The molecule has 0 radical (unpaired) electrons. The maximum Gasteiger partial charge on any atom is 0.407 e. The maximum atomic E-state index is 14.7. The molecule has 0 bridgehead atoms. The van der Waals surface area contributed by atoms with Crippen molar-refractivity contribution >= 4 is 45.0 Å². The monoisotopic (exact) mass is 597 g/mol. The van der Waals surface area contributed by atoms with E-state index in [1.807, 2.05) is 18.2 Å². The number of amides is 2. The van der Waals surface area contributed by atoms with Gasteiger partial charge >= 0.3 is 6.09 Å². The highest BCUT2D eigenvalue weighted by Gasteiger charge is 2.34. The first-order chi connectivity index (χ1) is 19.7. The molecule has 1 fully saturated rings. The highest BCUT2D eigenvalue weighted by molar-refractivity contribution is 7.21. The molecule has 1 aliphatic rings. The third-order valence-corrected chi connectivity index (χ3v) is 9.71. The highest BCUT2D eigenvalue weighted by Crippen LogP contribution is 2.40. The number of carbonyl (C=O) groups excluding carboxylic acids is 1. The molecule has 0 aliphatic heterocycles. The maximum absolute atomic E-state index is 14.7. The third kappa shape index (κ3) is 5.78. The minimum Gasteiger partial charge on any atom is -0.465 e. The van der Waals surface area contributed by atoms with E-state index < -0.39 is 17.7 Å². The number of halogens is 3. The second kappa shape index (κ2) is 12.1. The number of benzene rings is 2. The molecule has 214 valence electrons. The molecular weight excluding hydrogens is 568 g/mol. The van der Waals surface area contributed by atoms with Crippen LogP contribution < -0.4 is 0 Å². The predicted octanol–water partition coefficient (Wildman–Crippen LogP) is 8.02. The Morgan fingerprint density at radius 3 is 2.27 bits per heavy atom. The predicted molar refractivity (Wildman–Crippen MR) is 158 cm³/mol. The van der Waals surface area contributed by atoms with Crippen LogP contribution in [0, 0.1) is 11.6 Å². The van der Waals surface area contributed by atoms with Crippen molar-refractivity contribution in [1.29, 1.82) is 0 Å². The summed E-state index contributed by atoms with van der Waals surface area (Å²) in [5, 5.41) is 9.28. The summed E-state index contributed by atoms with van der Waals surface area (Å²) in [6.07, 6.45) is 5.60. The van der Waals surface area contributed by atoms with Crippen molar-refractivity contribution < 1.29 is 23.5 Å². The van der Waals surface area contributed by atoms with Gasteiger partial charge < -0.3 is 14.9 Å². The van der Waals surface area contributed by atoms with Gasteiger partial charge in [0, 0.05) is 38.1 Å². The number of thiophene rings is 1. The van der Waals surface area contributed by atoms with Crippen LogP contribution in [0.3, 0.4) is 0 Å². The lowest BCUT2D eigenvalue weighted by atomic mass is 9.88. The van der Waals surface area contributed by atoms with E-state index in [2.05, 4.69) is 24.0 Å². The Hall–Kier alpha value is -3.56. The van der Waals surface area contributed by atoms with Crippen molar-refractivity contribution in [3.05, 3.63) is 87.5 Å². The number of aromatic nitrogens is 1. The fourth-order valence-electron chi connectivity index (χ4n) is 5.67. The van der Waals surface area contributed by atoms with E-state index in [1.54, 1.807) is 24.3 Å². The van der Waals surface area contributed by atoms with Gasteiger partial charge in [-0.3, -0.25) is 9.78 Å². The Kier molecular flexibility index (Phi) is 8.56. The number of hydrogen-bond acceptors (Lipinski definition) is 4. The minimum atomic E-state index is -0.983. The van der Waals surface area contributed by atoms with Gasteiger partial charge in [-0.25, -0.2) is 13.6 Å². The Morgan fingerprint density at radius 1 is 0.976 bits per heavy atom. The molecule has 2 heterocycles. The van der Waals surface area contributed by atoms with E-state index in [9.17, 15) is 23.5 Å². The molecule has 2 aromatic heterocycles. The Bertz CT molecular complexity index is 1590. The van der Waals surface area contributed by atoms with Gasteiger partial charge in [-0.15, -0.1) is 11.3 Å². The molecule has 2 amide bonds. The van der Waals surface area contributed by atoms with E-state index in [-0.39, 0.29) is 44.5 Å². The molecular formula is C31H30ClF2N3O3S. The topological polar surface area (TPSA) is 73.7 Å². The van der Waals surface area contributed by atoms with Crippen molar-refractivity contribution in [2.45, 2.75) is 57.7 Å². The number of aryl methyl sites for hydroxylation is 1. The molecule has 2 aromatic carbocycles. The van der Waals surface area contributed by atoms with Gasteiger partial charge in [-0.1, -0.05) is 30.7 Å². The Balaban J connectivity index is 1.54. The zero-order valence-corrected chi connectivity index (χ0v) is 24.3. The fourth-order valence-corrected chi connectivity index (χ4v) is 7.18. The first kappa shape index (κ1) is 29.0. The number of nitrogens with zero attached hydrogens (tertiary/aromatic N) is 3. The van der Waals surface area contributed by atoms with Gasteiger partial charge in [-0.2, -0.15) is 0 Å². The quantitative estimate of drug-likeness (QED) is 0.234. The van der Waals surface area contributed by atoms with Gasteiger partial charge in [0.1, 0.15) is 16.5 Å². The standard InChI is InChI=1S/C31H30ClF2N3O3S/c1-3-18-4-5-20(19-12-14-35-15-13-19)16-21(18)17-37(23-8-6-22(7-9-23)36(2)31(39)40)30(38)29-27(32)26-24(33)10-11-25(34)28(26)41-29/h4-5,10-16,22-23H,3,6-9,17H2,1-2H3,(H,39,40). The summed E-state index contributed by atoms with van der Waals surface area (Å²) in [6, 6.07) is 11.7. The average Bonchev–Trinajstić information content (AvgIpc) is 3.35. The van der Waals surface area contributed by atoms with Gasteiger partial charge in [0.15, 0.2) is 0 Å². The lowest BCUT2D eigenvalue weighted by Crippen LogP contribution is -2.46. The normalized spacial score (nSPS) is 17.0. The molecule has 4 aromatic rings. The fraction of sp³-hybridized carbons (Fsp3) is 0.323. The van der Waals surface area contributed by atoms with E-state index in [0.717, 1.165) is 52.1 Å². The van der Waals surface area contributed by atoms with Gasteiger partial charge in [0.05, 0.1) is 15.1 Å². The van der Waals surface area contributed by atoms with Crippen LogP contribution in [-0.4, -0.2) is 51.0 Å². The second-order valence-electron chi connectivity index (χ2n) is 10.3. The van der Waals surface area contributed by atoms with Crippen LogP contribution in [0.4, 0.5) is 13.6 Å². The van der Waals surface area contributed by atoms with Gasteiger partial charge in [0.25, 0.3) is 5.91 Å². The first-order valence-electron chi connectivity index (χ1n) is 13.5. The van der Waals surface area contributed by atoms with Crippen LogP contribution in [0.5, 0.6) is 0 Å². The number of rotatable bonds is 7. The molecule has 41 heavy (non-hydrogen) atoms. The molecule has 0 unspecified atom stereocenters. The molecule has 0 atom stereocenters. The molecule has 1 saturated carbocycles. The lowest BCUT2D eigenvalue weighted by molar-refractivity contribution is 0.0556. The van der Waals surface area contributed by atoms with E-state index in [0.29, 0.717) is 25.7 Å². The largest absolute Gasteiger partial charge is 0.465 e. The van der Waals surface area contributed by atoms with Crippen LogP contribution in [0.25, 0.3) is 21.2 Å². The summed E-state index contributed by atoms with van der Waals surface area (Å²) in [4.78, 5) is 33.0. The number of carboxylic acid groups (broad SMARTS) is 1. The van der Waals surface area contributed by atoms with Crippen LogP contribution >= 0.6 is 22.9 Å². The van der Waals surface area contributed by atoms with Crippen molar-refractivity contribution in [3.8, 4) is 11.1 Å². The zero-order chi connectivity index (χ0) is 29.3. The Labute approximate surface area is 246 Å². The molecule has 6 nitrogen and oxygen atoms in total. The summed E-state index contributed by atoms with van der Waals surface area (Å²) < 4.78 is 29.3. The van der Waals surface area contributed by atoms with Gasteiger partial charge in [-0.05, 0) is 84.7 Å². The minimum absolute atomic E-state index is 0.0130. The van der Waals surface area contributed by atoms with Crippen molar-refractivity contribution in [1.82, 2.24) is 14.8 Å². The summed E-state index contributed by atoms with van der Waals surface area (Å²) in [5.41, 5.74) is 4.04. The molecule has 1 aliphatic carbocycles. The van der Waals surface area contributed by atoms with Crippen molar-refractivity contribution in [2.24, 2.45) is 0 Å². The second-order valence-corrected chi connectivity index (χ2v) is 11.7. The summed E-state index contributed by atoms with van der Waals surface area (Å²) >= 11 is 7.42. The number of pyridine rings is 1. The molecule has 5 rings (SSSR count). The lowest BCUT2D eigenvalue weighted by Gasteiger charge is -2.39. The summed E-state index contributed by atoms with van der Waals surface area (Å²) in [6.45, 7) is 2.33. The van der Waals surface area contributed by atoms with Crippen LogP contribution in [-0.2, 0) is 13.0 Å². The SMILES string of the molecule is CCc1ccc(-c2ccncc2)cc1CN(C(=O)c1sc2c(F)ccc(F)c2c1Cl)C1CCC(N(C)C(=O)O)CC1. The van der Waals surface area contributed by atoms with Crippen molar-refractivity contribution in [2.75, 3.05) is 7.05 Å². The first-order valence-corrected chi connectivity index (χ1v) is 14.7. The number of hydrogen-bond donors (Lipinski definition) is 1. The van der Waals surface area contributed by atoms with Crippen LogP contribution in [0.15, 0.2) is 54.9 Å². The van der Waals surface area contributed by atoms with E-state index in [1.165, 1.54) is 4.90 Å². The summed E-state index contributed by atoms with van der Waals surface area (Å²) in [5.74, 6) is -1.69. The van der Waals surface area contributed by atoms with Crippen molar-refractivity contribution in [3.63, 3.8) is 0 Å². The van der Waals surface area contributed by atoms with E-state index in [4.69, 9.17) is 11.6 Å². The molecule has 10 heteroatoms. The Morgan fingerprint density at radius 2 is 1.63 bits per heavy atom. The van der Waals surface area contributed by atoms with Crippen LogP contribution in [0.2, 0.25) is 5.02 Å². The smallest absolute Gasteiger partial charge is 0.407 e. The molecule has 1 N–H and O–H groups in total. The number of carbonyl (C=O) groups is 2. The highest BCUT2D eigenvalue weighted by atomic mass is 35.5. The van der Waals surface area contributed by atoms with E-state index >= 15 is 0 Å². The van der Waals surface area contributed by atoms with Crippen LogP contribution in [0.1, 0.15) is 53.4 Å². The molecule has 0 saturated heterocycles. The van der Waals surface area contributed by atoms with Gasteiger partial charge in [0.2, 0.25) is 0 Å². The third-order valence-electron chi connectivity index (χ3n) is 8.03. The summed E-state index contributed by atoms with van der Waals surface area (Å²) in [7, 11) is 1.56. The number of fused-ring (bicyclic) bond motifs is 1. The average molecular weight is 598 g/mol. The zero-order valence-electron chi connectivity index (χ0n) is 22.7.